The summed E-state index contributed by atoms with van der Waals surface area (Å²) in [5.74, 6) is -0.757. The van der Waals surface area contributed by atoms with E-state index in [-0.39, 0.29) is 18.6 Å². The van der Waals surface area contributed by atoms with E-state index in [0.29, 0.717) is 5.92 Å². The minimum atomic E-state index is -1.09. The van der Waals surface area contributed by atoms with Crippen molar-refractivity contribution in [3.8, 4) is 0 Å². The molecule has 0 aliphatic rings. The average Bonchev–Trinajstić information content (AvgIpc) is 2.25. The van der Waals surface area contributed by atoms with E-state index in [4.69, 9.17) is 9.84 Å². The highest BCUT2D eigenvalue weighted by Gasteiger charge is 2.18. The van der Waals surface area contributed by atoms with Crippen LogP contribution in [0.2, 0.25) is 0 Å². The van der Waals surface area contributed by atoms with Crippen molar-refractivity contribution in [1.82, 2.24) is 10.6 Å². The smallest absolute Gasteiger partial charge is 0.334 e. The molecule has 0 radical (unpaired) electrons. The lowest BCUT2D eigenvalue weighted by Gasteiger charge is -2.21. The van der Waals surface area contributed by atoms with E-state index in [1.54, 1.807) is 0 Å². The summed E-state index contributed by atoms with van der Waals surface area (Å²) >= 11 is 0. The molecule has 0 heterocycles. The standard InChI is InChI=1S/C11H22N2O4/c1-5-8(7(2)3)13-11(16)12-6-9(17-4)10(14)15/h7-9H,5-6H2,1-4H3,(H,14,15)(H2,12,13,16). The molecule has 0 saturated carbocycles. The molecule has 0 aromatic rings. The van der Waals surface area contributed by atoms with Crippen molar-refractivity contribution >= 4 is 12.0 Å². The largest absolute Gasteiger partial charge is 0.479 e. The number of carboxylic acids is 1. The molecule has 6 heteroatoms. The average molecular weight is 246 g/mol. The van der Waals surface area contributed by atoms with Crippen molar-refractivity contribution in [2.45, 2.75) is 39.3 Å². The molecular weight excluding hydrogens is 224 g/mol. The third-order valence-corrected chi connectivity index (χ3v) is 2.57. The van der Waals surface area contributed by atoms with Crippen LogP contribution in [0.4, 0.5) is 4.79 Å². The zero-order chi connectivity index (χ0) is 13.4. The van der Waals surface area contributed by atoms with Gasteiger partial charge in [0, 0.05) is 13.2 Å². The van der Waals surface area contributed by atoms with E-state index in [1.165, 1.54) is 7.11 Å². The van der Waals surface area contributed by atoms with Gasteiger partial charge in [0.15, 0.2) is 6.10 Å². The van der Waals surface area contributed by atoms with Gasteiger partial charge in [0.25, 0.3) is 0 Å². The van der Waals surface area contributed by atoms with Crippen LogP contribution in [0.1, 0.15) is 27.2 Å². The van der Waals surface area contributed by atoms with E-state index in [9.17, 15) is 9.59 Å². The monoisotopic (exact) mass is 246 g/mol. The van der Waals surface area contributed by atoms with Gasteiger partial charge in [0.1, 0.15) is 0 Å². The van der Waals surface area contributed by atoms with Gasteiger partial charge in [-0.25, -0.2) is 9.59 Å². The van der Waals surface area contributed by atoms with Gasteiger partial charge >= 0.3 is 12.0 Å². The first-order chi connectivity index (χ1) is 7.92. The molecule has 6 nitrogen and oxygen atoms in total. The molecule has 0 aliphatic carbocycles. The van der Waals surface area contributed by atoms with Gasteiger partial charge in [-0.05, 0) is 12.3 Å². The molecule has 0 aliphatic heterocycles. The Morgan fingerprint density at radius 3 is 2.29 bits per heavy atom. The van der Waals surface area contributed by atoms with Crippen molar-refractivity contribution in [2.75, 3.05) is 13.7 Å². The number of carboxylic acid groups (broad SMARTS) is 1. The quantitative estimate of drug-likeness (QED) is 0.620. The van der Waals surface area contributed by atoms with Gasteiger partial charge in [-0.2, -0.15) is 0 Å². The molecule has 0 aromatic heterocycles. The number of carbonyl (C=O) groups is 2. The summed E-state index contributed by atoms with van der Waals surface area (Å²) < 4.78 is 4.70. The van der Waals surface area contributed by atoms with Crippen LogP contribution in [0, 0.1) is 5.92 Å². The van der Waals surface area contributed by atoms with Gasteiger partial charge in [-0.3, -0.25) is 0 Å². The fourth-order valence-electron chi connectivity index (χ4n) is 1.42. The Morgan fingerprint density at radius 1 is 1.35 bits per heavy atom. The van der Waals surface area contributed by atoms with Crippen molar-refractivity contribution in [3.63, 3.8) is 0 Å². The molecule has 0 fully saturated rings. The zero-order valence-electron chi connectivity index (χ0n) is 10.8. The summed E-state index contributed by atoms with van der Waals surface area (Å²) in [7, 11) is 1.29. The summed E-state index contributed by atoms with van der Waals surface area (Å²) in [6.07, 6.45) is -0.183. The summed E-state index contributed by atoms with van der Waals surface area (Å²) in [5, 5.41) is 14.0. The maximum absolute atomic E-state index is 11.5. The van der Waals surface area contributed by atoms with E-state index in [2.05, 4.69) is 10.6 Å². The lowest BCUT2D eigenvalue weighted by atomic mass is 10.0. The fraction of sp³-hybridized carbons (Fsp3) is 0.818. The minimum Gasteiger partial charge on any atom is -0.479 e. The first-order valence-electron chi connectivity index (χ1n) is 5.72. The second-order valence-corrected chi connectivity index (χ2v) is 4.18. The molecule has 3 N–H and O–H groups in total. The molecule has 0 spiro atoms. The Hall–Kier alpha value is -1.30. The van der Waals surface area contributed by atoms with Crippen molar-refractivity contribution in [2.24, 2.45) is 5.92 Å². The van der Waals surface area contributed by atoms with E-state index < -0.39 is 12.1 Å². The number of hydrogen-bond acceptors (Lipinski definition) is 3. The molecule has 0 rings (SSSR count). The maximum Gasteiger partial charge on any atom is 0.334 e. The van der Waals surface area contributed by atoms with E-state index >= 15 is 0 Å². The highest BCUT2D eigenvalue weighted by molar-refractivity contribution is 5.77. The number of methoxy groups -OCH3 is 1. The number of urea groups is 1. The van der Waals surface area contributed by atoms with Crippen LogP contribution >= 0.6 is 0 Å². The Kier molecular flexibility index (Phi) is 7.29. The van der Waals surface area contributed by atoms with Crippen molar-refractivity contribution in [1.29, 1.82) is 0 Å². The molecule has 0 saturated heterocycles. The second-order valence-electron chi connectivity index (χ2n) is 4.18. The van der Waals surface area contributed by atoms with Crippen LogP contribution in [0.25, 0.3) is 0 Å². The number of nitrogens with one attached hydrogen (secondary N) is 2. The summed E-state index contributed by atoms with van der Waals surface area (Å²) in [5.41, 5.74) is 0. The van der Waals surface area contributed by atoms with Gasteiger partial charge < -0.3 is 20.5 Å². The van der Waals surface area contributed by atoms with E-state index in [1.807, 2.05) is 20.8 Å². The molecule has 100 valence electrons. The second kappa shape index (κ2) is 7.89. The molecule has 2 amide bonds. The van der Waals surface area contributed by atoms with Crippen LogP contribution in [0.15, 0.2) is 0 Å². The summed E-state index contributed by atoms with van der Waals surface area (Å²) in [6.45, 7) is 5.97. The first-order valence-corrected chi connectivity index (χ1v) is 5.72. The third-order valence-electron chi connectivity index (χ3n) is 2.57. The molecule has 0 aromatic carbocycles. The van der Waals surface area contributed by atoms with Crippen LogP contribution in [0.3, 0.4) is 0 Å². The van der Waals surface area contributed by atoms with Crippen molar-refractivity contribution < 1.29 is 19.4 Å². The lowest BCUT2D eigenvalue weighted by Crippen LogP contribution is -2.47. The fourth-order valence-corrected chi connectivity index (χ4v) is 1.42. The third kappa shape index (κ3) is 6.11. The number of hydrogen-bond donors (Lipinski definition) is 3. The predicted molar refractivity (Wildman–Crippen MR) is 63.9 cm³/mol. The Morgan fingerprint density at radius 2 is 1.94 bits per heavy atom. The van der Waals surface area contributed by atoms with Crippen LogP contribution in [-0.2, 0) is 9.53 Å². The Balaban J connectivity index is 4.05. The van der Waals surface area contributed by atoms with E-state index in [0.717, 1.165) is 6.42 Å². The van der Waals surface area contributed by atoms with Crippen molar-refractivity contribution in [3.05, 3.63) is 0 Å². The van der Waals surface area contributed by atoms with Gasteiger partial charge in [0.2, 0.25) is 0 Å². The number of aliphatic carboxylic acids is 1. The topological polar surface area (TPSA) is 87.7 Å². The summed E-state index contributed by atoms with van der Waals surface area (Å²) in [4.78, 5) is 22.1. The zero-order valence-corrected chi connectivity index (χ0v) is 10.8. The minimum absolute atomic E-state index is 0.0494. The van der Waals surface area contributed by atoms with Crippen LogP contribution in [0.5, 0.6) is 0 Å². The maximum atomic E-state index is 11.5. The molecule has 17 heavy (non-hydrogen) atoms. The predicted octanol–water partition coefficient (Wildman–Crippen LogP) is 0.820. The van der Waals surface area contributed by atoms with Crippen LogP contribution < -0.4 is 10.6 Å². The highest BCUT2D eigenvalue weighted by atomic mass is 16.5. The number of rotatable bonds is 7. The van der Waals surface area contributed by atoms with Crippen LogP contribution in [-0.4, -0.2) is 42.9 Å². The highest BCUT2D eigenvalue weighted by Crippen LogP contribution is 2.04. The Labute approximate surface area is 102 Å². The molecule has 2 atom stereocenters. The first kappa shape index (κ1) is 15.7. The Bertz CT molecular complexity index is 256. The lowest BCUT2D eigenvalue weighted by molar-refractivity contribution is -0.147. The van der Waals surface area contributed by atoms with Gasteiger partial charge in [-0.1, -0.05) is 20.8 Å². The SMILES string of the molecule is CCC(NC(=O)NCC(OC)C(=O)O)C(C)C. The molecular formula is C11H22N2O4. The summed E-state index contributed by atoms with van der Waals surface area (Å²) in [6, 6.07) is -0.283. The van der Waals surface area contributed by atoms with Gasteiger partial charge in [0.05, 0.1) is 6.54 Å². The number of ether oxygens (including phenoxy) is 1. The number of amides is 2. The number of carbonyl (C=O) groups excluding carboxylic acids is 1. The molecule has 0 bridgehead atoms. The normalized spacial score (nSPS) is 14.2. The molecule has 2 unspecified atom stereocenters. The van der Waals surface area contributed by atoms with Gasteiger partial charge in [-0.15, -0.1) is 0 Å².